The van der Waals surface area contributed by atoms with E-state index in [1.807, 2.05) is 48.5 Å². The Kier molecular flexibility index (Phi) is 5.47. The lowest BCUT2D eigenvalue weighted by atomic mass is 10.1. The van der Waals surface area contributed by atoms with Gasteiger partial charge in [-0.3, -0.25) is 0 Å². The topological polar surface area (TPSA) is 39.9 Å². The number of para-hydroxylation sites is 2. The fourth-order valence-corrected chi connectivity index (χ4v) is 2.73. The standard InChI is InChI=1S/C20H25N3O/c1-16(2)10-4-3-9-15-24-20-14-8-7-13-19(20)23-21-17-11-5-6-12-18(17)22-23/h5-8,11-14,16H,3-4,9-10,15H2,1-2H3. The summed E-state index contributed by atoms with van der Waals surface area (Å²) in [5.41, 5.74) is 2.66. The van der Waals surface area contributed by atoms with Gasteiger partial charge in [-0.1, -0.05) is 57.4 Å². The fourth-order valence-electron chi connectivity index (χ4n) is 2.73. The van der Waals surface area contributed by atoms with E-state index in [4.69, 9.17) is 4.74 Å². The van der Waals surface area contributed by atoms with Gasteiger partial charge in [0.25, 0.3) is 0 Å². The maximum Gasteiger partial charge on any atom is 0.146 e. The summed E-state index contributed by atoms with van der Waals surface area (Å²) < 4.78 is 5.99. The molecule has 1 heterocycles. The first-order valence-corrected chi connectivity index (χ1v) is 8.78. The molecule has 0 spiro atoms. The van der Waals surface area contributed by atoms with Crippen LogP contribution in [0.15, 0.2) is 48.5 Å². The molecule has 0 aliphatic heterocycles. The lowest BCUT2D eigenvalue weighted by Gasteiger charge is -2.10. The highest BCUT2D eigenvalue weighted by atomic mass is 16.5. The molecule has 0 saturated heterocycles. The van der Waals surface area contributed by atoms with Gasteiger partial charge in [0.15, 0.2) is 0 Å². The Balaban J connectivity index is 1.65. The highest BCUT2D eigenvalue weighted by molar-refractivity contribution is 5.73. The largest absolute Gasteiger partial charge is 0.491 e. The van der Waals surface area contributed by atoms with Gasteiger partial charge in [-0.2, -0.15) is 0 Å². The molecule has 4 heteroatoms. The van der Waals surface area contributed by atoms with Gasteiger partial charge < -0.3 is 4.74 Å². The van der Waals surface area contributed by atoms with Crippen molar-refractivity contribution >= 4 is 11.0 Å². The van der Waals surface area contributed by atoms with E-state index in [0.717, 1.165) is 41.4 Å². The Labute approximate surface area is 143 Å². The number of nitrogens with zero attached hydrogens (tertiary/aromatic N) is 3. The summed E-state index contributed by atoms with van der Waals surface area (Å²) >= 11 is 0. The molecule has 4 nitrogen and oxygen atoms in total. The van der Waals surface area contributed by atoms with Crippen LogP contribution in [-0.4, -0.2) is 21.6 Å². The molecule has 3 rings (SSSR count). The van der Waals surface area contributed by atoms with Crippen molar-refractivity contribution in [1.29, 1.82) is 0 Å². The van der Waals surface area contributed by atoms with Crippen LogP contribution in [0.3, 0.4) is 0 Å². The van der Waals surface area contributed by atoms with Gasteiger partial charge in [0.1, 0.15) is 22.5 Å². The number of fused-ring (bicyclic) bond motifs is 1. The van der Waals surface area contributed by atoms with Crippen LogP contribution in [-0.2, 0) is 0 Å². The monoisotopic (exact) mass is 323 g/mol. The van der Waals surface area contributed by atoms with Crippen molar-refractivity contribution in [3.63, 3.8) is 0 Å². The number of hydrogen-bond donors (Lipinski definition) is 0. The molecule has 24 heavy (non-hydrogen) atoms. The molecular formula is C20H25N3O. The molecule has 126 valence electrons. The first-order valence-electron chi connectivity index (χ1n) is 8.78. The number of aromatic nitrogens is 3. The summed E-state index contributed by atoms with van der Waals surface area (Å²) in [7, 11) is 0. The smallest absolute Gasteiger partial charge is 0.146 e. The molecule has 2 aromatic carbocycles. The third-order valence-corrected chi connectivity index (χ3v) is 4.05. The van der Waals surface area contributed by atoms with Crippen molar-refractivity contribution in [2.45, 2.75) is 39.5 Å². The van der Waals surface area contributed by atoms with Gasteiger partial charge in [-0.25, -0.2) is 0 Å². The quantitative estimate of drug-likeness (QED) is 0.547. The highest BCUT2D eigenvalue weighted by Crippen LogP contribution is 2.23. The Morgan fingerprint density at radius 1 is 0.875 bits per heavy atom. The van der Waals surface area contributed by atoms with Crippen LogP contribution in [0.25, 0.3) is 16.7 Å². The van der Waals surface area contributed by atoms with Gasteiger partial charge >= 0.3 is 0 Å². The molecule has 0 radical (unpaired) electrons. The first-order chi connectivity index (χ1) is 11.7. The van der Waals surface area contributed by atoms with Gasteiger partial charge in [0.2, 0.25) is 0 Å². The van der Waals surface area contributed by atoms with Crippen LogP contribution in [0.2, 0.25) is 0 Å². The maximum absolute atomic E-state index is 5.99. The van der Waals surface area contributed by atoms with Crippen molar-refractivity contribution in [2.24, 2.45) is 5.92 Å². The number of benzene rings is 2. The summed E-state index contributed by atoms with van der Waals surface area (Å²) in [6.07, 6.45) is 4.86. The predicted molar refractivity (Wildman–Crippen MR) is 97.7 cm³/mol. The second-order valence-corrected chi connectivity index (χ2v) is 6.54. The Hall–Kier alpha value is -2.36. The molecule has 0 unspecified atom stereocenters. The van der Waals surface area contributed by atoms with Gasteiger partial charge in [0.05, 0.1) is 6.61 Å². The van der Waals surface area contributed by atoms with Gasteiger partial charge in [0, 0.05) is 0 Å². The summed E-state index contributed by atoms with van der Waals surface area (Å²) in [6.45, 7) is 5.28. The lowest BCUT2D eigenvalue weighted by Crippen LogP contribution is -2.05. The lowest BCUT2D eigenvalue weighted by molar-refractivity contribution is 0.301. The van der Waals surface area contributed by atoms with Gasteiger partial charge in [-0.15, -0.1) is 15.0 Å². The predicted octanol–water partition coefficient (Wildman–Crippen LogP) is 5.02. The third kappa shape index (κ3) is 4.13. The first kappa shape index (κ1) is 16.5. The normalized spacial score (nSPS) is 11.3. The van der Waals surface area contributed by atoms with E-state index in [-0.39, 0.29) is 0 Å². The summed E-state index contributed by atoms with van der Waals surface area (Å²) in [5, 5.41) is 9.09. The van der Waals surface area contributed by atoms with Crippen molar-refractivity contribution in [2.75, 3.05) is 6.61 Å². The van der Waals surface area contributed by atoms with Crippen LogP contribution in [0.1, 0.15) is 39.5 Å². The minimum atomic E-state index is 0.732. The van der Waals surface area contributed by atoms with Crippen LogP contribution < -0.4 is 4.74 Å². The molecule has 0 N–H and O–H groups in total. The molecule has 0 saturated carbocycles. The van der Waals surface area contributed by atoms with Crippen molar-refractivity contribution < 1.29 is 4.74 Å². The van der Waals surface area contributed by atoms with Crippen LogP contribution in [0.4, 0.5) is 0 Å². The average molecular weight is 323 g/mol. The average Bonchev–Trinajstić information content (AvgIpc) is 3.02. The van der Waals surface area contributed by atoms with Crippen molar-refractivity contribution in [1.82, 2.24) is 15.0 Å². The molecule has 0 aliphatic rings. The molecule has 0 aliphatic carbocycles. The Morgan fingerprint density at radius 3 is 2.25 bits per heavy atom. The Morgan fingerprint density at radius 2 is 1.54 bits per heavy atom. The van der Waals surface area contributed by atoms with E-state index in [0.29, 0.717) is 0 Å². The number of hydrogen-bond acceptors (Lipinski definition) is 3. The minimum absolute atomic E-state index is 0.732. The molecule has 0 fully saturated rings. The zero-order chi connectivity index (χ0) is 16.8. The van der Waals surface area contributed by atoms with E-state index >= 15 is 0 Å². The highest BCUT2D eigenvalue weighted by Gasteiger charge is 2.09. The molecule has 0 atom stereocenters. The minimum Gasteiger partial charge on any atom is -0.491 e. The summed E-state index contributed by atoms with van der Waals surface area (Å²) in [6, 6.07) is 15.8. The number of ether oxygens (including phenoxy) is 1. The van der Waals surface area contributed by atoms with Crippen LogP contribution >= 0.6 is 0 Å². The second kappa shape index (κ2) is 7.95. The molecule has 0 amide bonds. The molecule has 1 aromatic heterocycles. The zero-order valence-corrected chi connectivity index (χ0v) is 14.5. The van der Waals surface area contributed by atoms with E-state index in [2.05, 4.69) is 24.0 Å². The Bertz CT molecular complexity index is 746. The fraction of sp³-hybridized carbons (Fsp3) is 0.400. The van der Waals surface area contributed by atoms with Crippen molar-refractivity contribution in [3.8, 4) is 11.4 Å². The number of unbranched alkanes of at least 4 members (excludes halogenated alkanes) is 2. The van der Waals surface area contributed by atoms with E-state index in [9.17, 15) is 0 Å². The molecule has 3 aromatic rings. The van der Waals surface area contributed by atoms with Crippen LogP contribution in [0, 0.1) is 5.92 Å². The summed E-state index contributed by atoms with van der Waals surface area (Å²) in [4.78, 5) is 1.67. The van der Waals surface area contributed by atoms with E-state index in [1.54, 1.807) is 4.80 Å². The third-order valence-electron chi connectivity index (χ3n) is 4.05. The van der Waals surface area contributed by atoms with Crippen LogP contribution in [0.5, 0.6) is 5.75 Å². The second-order valence-electron chi connectivity index (χ2n) is 6.54. The summed E-state index contributed by atoms with van der Waals surface area (Å²) in [5.74, 6) is 1.62. The zero-order valence-electron chi connectivity index (χ0n) is 14.5. The van der Waals surface area contributed by atoms with E-state index < -0.39 is 0 Å². The van der Waals surface area contributed by atoms with E-state index in [1.165, 1.54) is 19.3 Å². The van der Waals surface area contributed by atoms with Crippen molar-refractivity contribution in [3.05, 3.63) is 48.5 Å². The molecule has 0 bridgehead atoms. The van der Waals surface area contributed by atoms with Gasteiger partial charge in [-0.05, 0) is 36.6 Å². The SMILES string of the molecule is CC(C)CCCCCOc1ccccc1-n1nc2ccccc2n1. The number of rotatable bonds is 8. The maximum atomic E-state index is 5.99. The molecular weight excluding hydrogens is 298 g/mol.